The molecule has 1 aliphatic carbocycles. The lowest BCUT2D eigenvalue weighted by atomic mass is 9.87. The maximum atomic E-state index is 11.4. The Bertz CT molecular complexity index is 228. The third kappa shape index (κ3) is 1.81. The van der Waals surface area contributed by atoms with E-state index in [1.807, 2.05) is 19.1 Å². The van der Waals surface area contributed by atoms with E-state index in [2.05, 4.69) is 0 Å². The molecular weight excluding hydrogens is 152 g/mol. The Morgan fingerprint density at radius 3 is 2.83 bits per heavy atom. The number of hydrogen-bond donors (Lipinski definition) is 0. The largest absolute Gasteiger partial charge is 0.299 e. The summed E-state index contributed by atoms with van der Waals surface area (Å²) in [6.45, 7) is 3.42. The normalized spacial score (nSPS) is 30.0. The smallest absolute Gasteiger partial charge is 0.144 e. The third-order valence-corrected chi connectivity index (χ3v) is 2.31. The summed E-state index contributed by atoms with van der Waals surface area (Å²) in [5.74, 6) is -0.208. The van der Waals surface area contributed by atoms with Gasteiger partial charge in [-0.1, -0.05) is 19.1 Å². The quantitative estimate of drug-likeness (QED) is 0.439. The van der Waals surface area contributed by atoms with Gasteiger partial charge in [-0.2, -0.15) is 0 Å². The molecule has 0 bridgehead atoms. The molecule has 0 N–H and O–H groups in total. The lowest BCUT2D eigenvalue weighted by molar-refractivity contribution is -0.132. The minimum Gasteiger partial charge on any atom is -0.299 e. The minimum absolute atomic E-state index is 0.000880. The Morgan fingerprint density at radius 2 is 2.25 bits per heavy atom. The second kappa shape index (κ2) is 3.65. The molecule has 0 aromatic carbocycles. The predicted molar refractivity (Wildman–Crippen MR) is 46.7 cm³/mol. The number of rotatable bonds is 1. The first-order chi connectivity index (χ1) is 5.63. The standard InChI is InChI=1S/C10H14O2/c1-7-5-3-4-6-9(12)10(7)8(2)11/h3,5,7,10H,4,6H2,1-2H3. The van der Waals surface area contributed by atoms with Crippen molar-refractivity contribution in [1.29, 1.82) is 0 Å². The van der Waals surface area contributed by atoms with Crippen molar-refractivity contribution in [1.82, 2.24) is 0 Å². The van der Waals surface area contributed by atoms with E-state index in [1.54, 1.807) is 0 Å². The fraction of sp³-hybridized carbons (Fsp3) is 0.600. The van der Waals surface area contributed by atoms with Crippen LogP contribution in [-0.4, -0.2) is 11.6 Å². The van der Waals surface area contributed by atoms with Gasteiger partial charge in [0.15, 0.2) is 0 Å². The second-order valence-electron chi connectivity index (χ2n) is 3.38. The summed E-state index contributed by atoms with van der Waals surface area (Å²) < 4.78 is 0. The fourth-order valence-corrected chi connectivity index (χ4v) is 1.69. The number of hydrogen-bond acceptors (Lipinski definition) is 2. The van der Waals surface area contributed by atoms with Gasteiger partial charge in [-0.05, 0) is 19.3 Å². The molecule has 66 valence electrons. The molecule has 0 fully saturated rings. The fourth-order valence-electron chi connectivity index (χ4n) is 1.69. The molecule has 0 aromatic rings. The monoisotopic (exact) mass is 166 g/mol. The highest BCUT2D eigenvalue weighted by Crippen LogP contribution is 2.21. The molecule has 2 heteroatoms. The summed E-state index contributed by atoms with van der Waals surface area (Å²) in [5, 5.41) is 0. The molecule has 12 heavy (non-hydrogen) atoms. The highest BCUT2D eigenvalue weighted by atomic mass is 16.1. The molecule has 1 aliphatic rings. The molecule has 2 unspecified atom stereocenters. The average Bonchev–Trinajstić information content (AvgIpc) is 2.11. The van der Waals surface area contributed by atoms with Gasteiger partial charge in [0.25, 0.3) is 0 Å². The molecule has 0 saturated heterocycles. The van der Waals surface area contributed by atoms with Crippen molar-refractivity contribution in [2.24, 2.45) is 11.8 Å². The maximum absolute atomic E-state index is 11.4. The topological polar surface area (TPSA) is 34.1 Å². The van der Waals surface area contributed by atoms with Crippen LogP contribution in [0.1, 0.15) is 26.7 Å². The Morgan fingerprint density at radius 1 is 1.58 bits per heavy atom. The van der Waals surface area contributed by atoms with Gasteiger partial charge in [-0.15, -0.1) is 0 Å². The number of allylic oxidation sites excluding steroid dienone is 2. The zero-order valence-electron chi connectivity index (χ0n) is 7.54. The highest BCUT2D eigenvalue weighted by Gasteiger charge is 2.28. The molecule has 0 aromatic heterocycles. The summed E-state index contributed by atoms with van der Waals surface area (Å²) in [4.78, 5) is 22.5. The van der Waals surface area contributed by atoms with E-state index in [4.69, 9.17) is 0 Å². The SMILES string of the molecule is CC(=O)C1C(=O)CCC=CC1C. The number of carbonyl (C=O) groups excluding carboxylic acids is 2. The molecule has 0 radical (unpaired) electrons. The molecule has 0 spiro atoms. The van der Waals surface area contributed by atoms with Crippen LogP contribution in [0.25, 0.3) is 0 Å². The molecule has 0 aliphatic heterocycles. The van der Waals surface area contributed by atoms with E-state index < -0.39 is 0 Å². The van der Waals surface area contributed by atoms with E-state index in [1.165, 1.54) is 6.92 Å². The summed E-state index contributed by atoms with van der Waals surface area (Å²) in [6.07, 6.45) is 5.26. The van der Waals surface area contributed by atoms with Gasteiger partial charge >= 0.3 is 0 Å². The zero-order chi connectivity index (χ0) is 9.14. The van der Waals surface area contributed by atoms with E-state index in [0.29, 0.717) is 6.42 Å². The van der Waals surface area contributed by atoms with E-state index in [9.17, 15) is 9.59 Å². The molecule has 2 nitrogen and oxygen atoms in total. The van der Waals surface area contributed by atoms with Crippen LogP contribution in [0.4, 0.5) is 0 Å². The van der Waals surface area contributed by atoms with Crippen molar-refractivity contribution in [2.45, 2.75) is 26.7 Å². The Labute approximate surface area is 72.7 Å². The van der Waals surface area contributed by atoms with Crippen molar-refractivity contribution in [3.05, 3.63) is 12.2 Å². The van der Waals surface area contributed by atoms with Crippen LogP contribution in [0.3, 0.4) is 0 Å². The molecule has 0 amide bonds. The van der Waals surface area contributed by atoms with Crippen LogP contribution in [0.2, 0.25) is 0 Å². The van der Waals surface area contributed by atoms with Crippen LogP contribution in [0.5, 0.6) is 0 Å². The van der Waals surface area contributed by atoms with Gasteiger partial charge in [0.05, 0.1) is 5.92 Å². The molecular formula is C10H14O2. The lowest BCUT2D eigenvalue weighted by Crippen LogP contribution is -2.26. The first kappa shape index (κ1) is 9.17. The predicted octanol–water partition coefficient (Wildman–Crippen LogP) is 1.75. The first-order valence-corrected chi connectivity index (χ1v) is 4.32. The van der Waals surface area contributed by atoms with Crippen molar-refractivity contribution in [3.8, 4) is 0 Å². The number of ketones is 2. The van der Waals surface area contributed by atoms with Gasteiger partial charge < -0.3 is 0 Å². The number of carbonyl (C=O) groups is 2. The third-order valence-electron chi connectivity index (χ3n) is 2.31. The summed E-state index contributed by atoms with van der Waals surface area (Å²) in [6, 6.07) is 0. The Hall–Kier alpha value is -0.920. The average molecular weight is 166 g/mol. The van der Waals surface area contributed by atoms with Crippen LogP contribution >= 0.6 is 0 Å². The summed E-state index contributed by atoms with van der Waals surface area (Å²) >= 11 is 0. The lowest BCUT2D eigenvalue weighted by Gasteiger charge is -2.14. The first-order valence-electron chi connectivity index (χ1n) is 4.32. The van der Waals surface area contributed by atoms with Crippen LogP contribution < -0.4 is 0 Å². The Kier molecular flexibility index (Phi) is 2.79. The van der Waals surface area contributed by atoms with Crippen LogP contribution in [0.15, 0.2) is 12.2 Å². The van der Waals surface area contributed by atoms with Gasteiger partial charge in [-0.3, -0.25) is 9.59 Å². The summed E-state index contributed by atoms with van der Waals surface area (Å²) in [7, 11) is 0. The van der Waals surface area contributed by atoms with E-state index >= 15 is 0 Å². The maximum Gasteiger partial charge on any atom is 0.144 e. The van der Waals surface area contributed by atoms with Gasteiger partial charge in [-0.25, -0.2) is 0 Å². The van der Waals surface area contributed by atoms with Crippen molar-refractivity contribution < 1.29 is 9.59 Å². The highest BCUT2D eigenvalue weighted by molar-refractivity contribution is 6.02. The zero-order valence-corrected chi connectivity index (χ0v) is 7.54. The van der Waals surface area contributed by atoms with Crippen molar-refractivity contribution in [2.75, 3.05) is 0 Å². The van der Waals surface area contributed by atoms with Crippen molar-refractivity contribution in [3.63, 3.8) is 0 Å². The minimum atomic E-state index is -0.385. The molecule has 2 atom stereocenters. The molecule has 0 heterocycles. The molecule has 0 saturated carbocycles. The summed E-state index contributed by atoms with van der Waals surface area (Å²) in [5.41, 5.74) is 0. The van der Waals surface area contributed by atoms with E-state index in [-0.39, 0.29) is 23.4 Å². The number of Topliss-reactive ketones (excluding diaryl/α,β-unsaturated/α-hetero) is 2. The van der Waals surface area contributed by atoms with Crippen molar-refractivity contribution >= 4 is 11.6 Å². The molecule has 1 rings (SSSR count). The Balaban J connectivity index is 2.84. The van der Waals surface area contributed by atoms with Gasteiger partial charge in [0, 0.05) is 6.42 Å². The van der Waals surface area contributed by atoms with Gasteiger partial charge in [0.1, 0.15) is 11.6 Å². The van der Waals surface area contributed by atoms with E-state index in [0.717, 1.165) is 6.42 Å². The van der Waals surface area contributed by atoms with Crippen LogP contribution in [-0.2, 0) is 9.59 Å². The van der Waals surface area contributed by atoms with Crippen LogP contribution in [0, 0.1) is 11.8 Å². The second-order valence-corrected chi connectivity index (χ2v) is 3.38. The van der Waals surface area contributed by atoms with Gasteiger partial charge in [0.2, 0.25) is 0 Å².